The van der Waals surface area contributed by atoms with Gasteiger partial charge in [-0.2, -0.15) is 11.3 Å². The van der Waals surface area contributed by atoms with E-state index >= 15 is 0 Å². The van der Waals surface area contributed by atoms with Gasteiger partial charge < -0.3 is 5.32 Å². The van der Waals surface area contributed by atoms with Crippen molar-refractivity contribution in [3.8, 4) is 0 Å². The first-order valence-electron chi connectivity index (χ1n) is 5.85. The van der Waals surface area contributed by atoms with Crippen LogP contribution in [0.15, 0.2) is 16.8 Å². The molecule has 0 bridgehead atoms. The summed E-state index contributed by atoms with van der Waals surface area (Å²) in [4.78, 5) is 0. The fraction of sp³-hybridized carbons (Fsp3) is 0.636. The number of rotatable bonds is 5. The van der Waals surface area contributed by atoms with Gasteiger partial charge in [0.2, 0.25) is 10.0 Å². The van der Waals surface area contributed by atoms with Gasteiger partial charge in [-0.1, -0.05) is 0 Å². The zero-order valence-electron chi connectivity index (χ0n) is 9.69. The molecule has 2 heterocycles. The molecule has 0 radical (unpaired) electrons. The number of piperidine rings is 1. The zero-order chi connectivity index (χ0) is 12.1. The second kappa shape index (κ2) is 5.95. The van der Waals surface area contributed by atoms with Gasteiger partial charge in [-0.05, 0) is 54.2 Å². The van der Waals surface area contributed by atoms with Gasteiger partial charge in [-0.25, -0.2) is 13.1 Å². The van der Waals surface area contributed by atoms with E-state index in [1.807, 2.05) is 16.8 Å². The molecule has 1 fully saturated rings. The summed E-state index contributed by atoms with van der Waals surface area (Å²) in [6.07, 6.45) is 1.92. The molecule has 0 unspecified atom stereocenters. The van der Waals surface area contributed by atoms with Crippen molar-refractivity contribution in [2.24, 2.45) is 5.92 Å². The molecule has 2 N–H and O–H groups in total. The number of nitrogens with one attached hydrogen (secondary N) is 2. The minimum absolute atomic E-state index is 0.263. The molecule has 4 nitrogen and oxygen atoms in total. The third-order valence-electron chi connectivity index (χ3n) is 2.99. The van der Waals surface area contributed by atoms with Crippen LogP contribution in [0, 0.1) is 5.92 Å². The first-order valence-corrected chi connectivity index (χ1v) is 8.44. The molecule has 0 atom stereocenters. The zero-order valence-corrected chi connectivity index (χ0v) is 11.3. The van der Waals surface area contributed by atoms with Crippen LogP contribution in [0.2, 0.25) is 0 Å². The van der Waals surface area contributed by atoms with E-state index in [0.29, 0.717) is 12.5 Å². The highest BCUT2D eigenvalue weighted by Crippen LogP contribution is 2.14. The summed E-state index contributed by atoms with van der Waals surface area (Å²) in [5, 5.41) is 7.16. The number of hydrogen-bond acceptors (Lipinski definition) is 4. The molecule has 1 aliphatic heterocycles. The van der Waals surface area contributed by atoms with Crippen molar-refractivity contribution in [1.82, 2.24) is 10.0 Å². The molecule has 17 heavy (non-hydrogen) atoms. The maximum Gasteiger partial charge on any atom is 0.212 e. The first-order chi connectivity index (χ1) is 8.16. The molecule has 1 saturated heterocycles. The molecule has 0 aliphatic carbocycles. The summed E-state index contributed by atoms with van der Waals surface area (Å²) in [6.45, 7) is 2.28. The van der Waals surface area contributed by atoms with Crippen LogP contribution < -0.4 is 10.0 Å². The van der Waals surface area contributed by atoms with Crippen LogP contribution in [0.1, 0.15) is 18.4 Å². The SMILES string of the molecule is O=S(=O)(CC1CCNCC1)NCc1ccsc1. The lowest BCUT2D eigenvalue weighted by Crippen LogP contribution is -2.35. The lowest BCUT2D eigenvalue weighted by atomic mass is 10.0. The fourth-order valence-electron chi connectivity index (χ4n) is 2.00. The Morgan fingerprint density at radius 1 is 1.41 bits per heavy atom. The normalized spacial score (nSPS) is 18.4. The van der Waals surface area contributed by atoms with Crippen LogP contribution in [0.25, 0.3) is 0 Å². The largest absolute Gasteiger partial charge is 0.317 e. The molecule has 6 heteroatoms. The average molecular weight is 274 g/mol. The monoisotopic (exact) mass is 274 g/mol. The van der Waals surface area contributed by atoms with E-state index in [9.17, 15) is 8.42 Å². The van der Waals surface area contributed by atoms with E-state index in [2.05, 4.69) is 10.0 Å². The maximum atomic E-state index is 11.9. The van der Waals surface area contributed by atoms with Crippen molar-refractivity contribution in [1.29, 1.82) is 0 Å². The molecule has 1 aliphatic rings. The molecular formula is C11H18N2O2S2. The van der Waals surface area contributed by atoms with Crippen molar-refractivity contribution in [2.75, 3.05) is 18.8 Å². The Morgan fingerprint density at radius 3 is 2.82 bits per heavy atom. The summed E-state index contributed by atoms with van der Waals surface area (Å²) in [5.41, 5.74) is 1.03. The van der Waals surface area contributed by atoms with Crippen molar-refractivity contribution in [3.05, 3.63) is 22.4 Å². The Bertz CT molecular complexity index is 422. The van der Waals surface area contributed by atoms with Crippen LogP contribution in [0.5, 0.6) is 0 Å². The van der Waals surface area contributed by atoms with Crippen molar-refractivity contribution >= 4 is 21.4 Å². The van der Waals surface area contributed by atoms with Gasteiger partial charge in [-0.15, -0.1) is 0 Å². The minimum Gasteiger partial charge on any atom is -0.317 e. The summed E-state index contributed by atoms with van der Waals surface area (Å²) in [6, 6.07) is 1.94. The topological polar surface area (TPSA) is 58.2 Å². The number of thiophene rings is 1. The van der Waals surface area contributed by atoms with Crippen LogP contribution in [0.3, 0.4) is 0 Å². The van der Waals surface area contributed by atoms with Crippen molar-refractivity contribution < 1.29 is 8.42 Å². The maximum absolute atomic E-state index is 11.9. The third kappa shape index (κ3) is 4.39. The highest BCUT2D eigenvalue weighted by Gasteiger charge is 2.20. The molecule has 96 valence electrons. The van der Waals surface area contributed by atoms with Gasteiger partial charge in [0.25, 0.3) is 0 Å². The quantitative estimate of drug-likeness (QED) is 0.847. The van der Waals surface area contributed by atoms with Crippen molar-refractivity contribution in [3.63, 3.8) is 0 Å². The smallest absolute Gasteiger partial charge is 0.212 e. The average Bonchev–Trinajstić information content (AvgIpc) is 2.80. The molecule has 0 spiro atoms. The Hall–Kier alpha value is -0.430. The van der Waals surface area contributed by atoms with Gasteiger partial charge in [0, 0.05) is 6.54 Å². The van der Waals surface area contributed by atoms with E-state index in [1.165, 1.54) is 0 Å². The standard InChI is InChI=1S/C11H18N2O2S2/c14-17(15,9-10-1-4-12-5-2-10)13-7-11-3-6-16-8-11/h3,6,8,10,12-13H,1-2,4-5,7,9H2. The minimum atomic E-state index is -3.13. The predicted molar refractivity (Wildman–Crippen MR) is 70.5 cm³/mol. The second-order valence-corrected chi connectivity index (χ2v) is 7.06. The van der Waals surface area contributed by atoms with Gasteiger partial charge in [0.1, 0.15) is 0 Å². The van der Waals surface area contributed by atoms with Gasteiger partial charge in [0.15, 0.2) is 0 Å². The predicted octanol–water partition coefficient (Wildman–Crippen LogP) is 1.17. The van der Waals surface area contributed by atoms with Gasteiger partial charge in [0.05, 0.1) is 5.75 Å². The highest BCUT2D eigenvalue weighted by atomic mass is 32.2. The van der Waals surface area contributed by atoms with Gasteiger partial charge >= 0.3 is 0 Å². The lowest BCUT2D eigenvalue weighted by molar-refractivity contribution is 0.400. The third-order valence-corrected chi connectivity index (χ3v) is 5.22. The van der Waals surface area contributed by atoms with Crippen LogP contribution in [-0.4, -0.2) is 27.3 Å². The van der Waals surface area contributed by atoms with Crippen LogP contribution >= 0.6 is 11.3 Å². The molecular weight excluding hydrogens is 256 g/mol. The van der Waals surface area contributed by atoms with Gasteiger partial charge in [-0.3, -0.25) is 0 Å². The first kappa shape index (κ1) is 13.0. The summed E-state index contributed by atoms with van der Waals surface area (Å²) < 4.78 is 26.4. The van der Waals surface area contributed by atoms with E-state index in [4.69, 9.17) is 0 Å². The Labute approximate surface area is 106 Å². The summed E-state index contributed by atoms with van der Waals surface area (Å²) in [5.74, 6) is 0.565. The van der Waals surface area contributed by atoms with E-state index in [0.717, 1.165) is 31.5 Å². The van der Waals surface area contributed by atoms with Crippen LogP contribution in [0.4, 0.5) is 0 Å². The molecule has 0 amide bonds. The van der Waals surface area contributed by atoms with Crippen LogP contribution in [-0.2, 0) is 16.6 Å². The lowest BCUT2D eigenvalue weighted by Gasteiger charge is -2.22. The molecule has 0 saturated carbocycles. The van der Waals surface area contributed by atoms with E-state index in [1.54, 1.807) is 11.3 Å². The Morgan fingerprint density at radius 2 is 2.18 bits per heavy atom. The van der Waals surface area contributed by atoms with Crippen molar-refractivity contribution in [2.45, 2.75) is 19.4 Å². The Balaban J connectivity index is 1.81. The highest BCUT2D eigenvalue weighted by molar-refractivity contribution is 7.89. The van der Waals surface area contributed by atoms with E-state index < -0.39 is 10.0 Å². The summed E-state index contributed by atoms with van der Waals surface area (Å²) in [7, 11) is -3.13. The number of hydrogen-bond donors (Lipinski definition) is 2. The molecule has 0 aromatic carbocycles. The fourth-order valence-corrected chi connectivity index (χ4v) is 4.13. The molecule has 1 aromatic heterocycles. The molecule has 1 aromatic rings. The second-order valence-electron chi connectivity index (χ2n) is 4.43. The number of sulfonamides is 1. The Kier molecular flexibility index (Phi) is 4.55. The summed E-state index contributed by atoms with van der Waals surface area (Å²) >= 11 is 1.58. The van der Waals surface area contributed by atoms with E-state index in [-0.39, 0.29) is 5.75 Å². The molecule has 2 rings (SSSR count).